The van der Waals surface area contributed by atoms with Crippen LogP contribution in [0.25, 0.3) is 0 Å². The van der Waals surface area contributed by atoms with Gasteiger partial charge in [0, 0.05) is 64.6 Å². The number of rotatable bonds is 6. The number of aromatic nitrogens is 2. The fourth-order valence-corrected chi connectivity index (χ4v) is 3.03. The summed E-state index contributed by atoms with van der Waals surface area (Å²) in [4.78, 5) is 16.6. The van der Waals surface area contributed by atoms with Gasteiger partial charge in [-0.15, -0.1) is 0 Å². The fourth-order valence-electron chi connectivity index (χ4n) is 3.03. The van der Waals surface area contributed by atoms with Crippen molar-refractivity contribution in [2.75, 3.05) is 33.3 Å². The molecule has 1 amide bonds. The van der Waals surface area contributed by atoms with Crippen molar-refractivity contribution in [3.05, 3.63) is 17.0 Å². The van der Waals surface area contributed by atoms with Crippen molar-refractivity contribution >= 4 is 5.91 Å². The molecule has 1 aliphatic rings. The predicted molar refractivity (Wildman–Crippen MR) is 90.2 cm³/mol. The summed E-state index contributed by atoms with van der Waals surface area (Å²) >= 11 is 0. The van der Waals surface area contributed by atoms with Gasteiger partial charge in [0.15, 0.2) is 0 Å². The molecular weight excluding hydrogens is 292 g/mol. The van der Waals surface area contributed by atoms with Crippen LogP contribution in [-0.2, 0) is 23.1 Å². The van der Waals surface area contributed by atoms with Crippen molar-refractivity contribution in [1.29, 1.82) is 0 Å². The van der Waals surface area contributed by atoms with E-state index in [1.54, 1.807) is 7.11 Å². The number of nitrogens with zero attached hydrogens (tertiary/aromatic N) is 4. The van der Waals surface area contributed by atoms with Crippen LogP contribution in [0.2, 0.25) is 0 Å². The first-order valence-electron chi connectivity index (χ1n) is 8.44. The van der Waals surface area contributed by atoms with Crippen LogP contribution in [0.1, 0.15) is 36.7 Å². The van der Waals surface area contributed by atoms with E-state index in [1.807, 2.05) is 23.6 Å². The van der Waals surface area contributed by atoms with E-state index in [0.717, 1.165) is 44.8 Å². The number of carbonyl (C=O) groups excluding carboxylic acids is 1. The number of hydrogen-bond donors (Lipinski definition) is 0. The van der Waals surface area contributed by atoms with E-state index >= 15 is 0 Å². The molecule has 1 aromatic rings. The van der Waals surface area contributed by atoms with Gasteiger partial charge in [-0.2, -0.15) is 5.10 Å². The van der Waals surface area contributed by atoms with Crippen molar-refractivity contribution < 1.29 is 9.53 Å². The Balaban J connectivity index is 1.81. The molecule has 0 radical (unpaired) electrons. The number of methoxy groups -OCH3 is 1. The minimum Gasteiger partial charge on any atom is -0.382 e. The fraction of sp³-hybridized carbons (Fsp3) is 0.765. The molecule has 6 nitrogen and oxygen atoms in total. The van der Waals surface area contributed by atoms with Crippen LogP contribution < -0.4 is 0 Å². The summed E-state index contributed by atoms with van der Waals surface area (Å²) in [7, 11) is 3.68. The second kappa shape index (κ2) is 7.93. The van der Waals surface area contributed by atoms with E-state index in [-0.39, 0.29) is 12.0 Å². The van der Waals surface area contributed by atoms with Crippen LogP contribution in [0.4, 0.5) is 0 Å². The Hall–Kier alpha value is -1.40. The molecule has 0 aliphatic carbocycles. The average Bonchev–Trinajstić information content (AvgIpc) is 2.79. The highest BCUT2D eigenvalue weighted by Gasteiger charge is 2.22. The maximum Gasteiger partial charge on any atom is 0.222 e. The number of ether oxygens (including phenoxy) is 1. The van der Waals surface area contributed by atoms with Crippen LogP contribution >= 0.6 is 0 Å². The van der Waals surface area contributed by atoms with Gasteiger partial charge in [-0.1, -0.05) is 0 Å². The number of carbonyl (C=O) groups is 1. The van der Waals surface area contributed by atoms with Crippen LogP contribution in [0, 0.1) is 13.8 Å². The summed E-state index contributed by atoms with van der Waals surface area (Å²) in [6, 6.07) is 0. The zero-order valence-corrected chi connectivity index (χ0v) is 15.1. The Morgan fingerprint density at radius 3 is 2.43 bits per heavy atom. The number of hydrogen-bond acceptors (Lipinski definition) is 4. The van der Waals surface area contributed by atoms with Crippen molar-refractivity contribution in [3.8, 4) is 0 Å². The van der Waals surface area contributed by atoms with Gasteiger partial charge in [-0.05, 0) is 27.2 Å². The Morgan fingerprint density at radius 1 is 1.26 bits per heavy atom. The van der Waals surface area contributed by atoms with Gasteiger partial charge in [-0.3, -0.25) is 14.4 Å². The second-order valence-electron chi connectivity index (χ2n) is 6.51. The Kier molecular flexibility index (Phi) is 6.18. The molecular formula is C17H30N4O2. The maximum atomic E-state index is 12.2. The molecule has 0 spiro atoms. The van der Waals surface area contributed by atoms with Gasteiger partial charge in [0.1, 0.15) is 0 Å². The summed E-state index contributed by atoms with van der Waals surface area (Å²) in [5.74, 6) is 0.252. The van der Waals surface area contributed by atoms with E-state index < -0.39 is 0 Å². The van der Waals surface area contributed by atoms with Crippen molar-refractivity contribution in [2.45, 2.75) is 46.3 Å². The lowest BCUT2D eigenvalue weighted by Crippen LogP contribution is -2.48. The number of amides is 1. The molecule has 130 valence electrons. The highest BCUT2D eigenvalue weighted by Crippen LogP contribution is 2.16. The Bertz CT molecular complexity index is 533. The molecule has 1 fully saturated rings. The topological polar surface area (TPSA) is 50.6 Å². The van der Waals surface area contributed by atoms with Gasteiger partial charge in [0.05, 0.1) is 11.8 Å². The Labute approximate surface area is 139 Å². The molecule has 1 aromatic heterocycles. The normalized spacial score (nSPS) is 17.5. The van der Waals surface area contributed by atoms with Gasteiger partial charge >= 0.3 is 0 Å². The van der Waals surface area contributed by atoms with E-state index in [4.69, 9.17) is 4.74 Å². The molecule has 0 N–H and O–H groups in total. The first-order valence-corrected chi connectivity index (χ1v) is 8.44. The van der Waals surface area contributed by atoms with Gasteiger partial charge < -0.3 is 9.64 Å². The highest BCUT2D eigenvalue weighted by molar-refractivity contribution is 5.76. The smallest absolute Gasteiger partial charge is 0.222 e. The lowest BCUT2D eigenvalue weighted by molar-refractivity contribution is -0.133. The summed E-state index contributed by atoms with van der Waals surface area (Å²) in [6.45, 7) is 10.6. The standard InChI is InChI=1S/C17H30N4O2/c1-13(23-5)6-7-17(22)21-10-8-20(9-11-21)12-16-14(2)18-19(4)15(16)3/h13H,6-12H2,1-5H3. The van der Waals surface area contributed by atoms with Gasteiger partial charge in [0.2, 0.25) is 5.91 Å². The molecule has 0 bridgehead atoms. The minimum atomic E-state index is 0.150. The zero-order valence-electron chi connectivity index (χ0n) is 15.1. The van der Waals surface area contributed by atoms with Crippen molar-refractivity contribution in [2.24, 2.45) is 7.05 Å². The third-order valence-electron chi connectivity index (χ3n) is 4.93. The predicted octanol–water partition coefficient (Wildman–Crippen LogP) is 1.50. The van der Waals surface area contributed by atoms with E-state index in [1.165, 1.54) is 11.3 Å². The quantitative estimate of drug-likeness (QED) is 0.796. The maximum absolute atomic E-state index is 12.2. The monoisotopic (exact) mass is 322 g/mol. The number of aryl methyl sites for hydroxylation is 2. The lowest BCUT2D eigenvalue weighted by atomic mass is 10.1. The van der Waals surface area contributed by atoms with Gasteiger partial charge in [0.25, 0.3) is 0 Å². The molecule has 1 unspecified atom stereocenters. The third-order valence-corrected chi connectivity index (χ3v) is 4.93. The molecule has 23 heavy (non-hydrogen) atoms. The molecule has 6 heteroatoms. The molecule has 1 aliphatic heterocycles. The van der Waals surface area contributed by atoms with Crippen molar-refractivity contribution in [3.63, 3.8) is 0 Å². The first-order chi connectivity index (χ1) is 10.9. The van der Waals surface area contributed by atoms with Crippen LogP contribution in [0.5, 0.6) is 0 Å². The number of piperazine rings is 1. The van der Waals surface area contributed by atoms with Crippen LogP contribution in [0.3, 0.4) is 0 Å². The molecule has 0 aromatic carbocycles. The average molecular weight is 322 g/mol. The van der Waals surface area contributed by atoms with Gasteiger partial charge in [-0.25, -0.2) is 0 Å². The minimum absolute atomic E-state index is 0.150. The van der Waals surface area contributed by atoms with Crippen LogP contribution in [0.15, 0.2) is 0 Å². The van der Waals surface area contributed by atoms with Crippen LogP contribution in [-0.4, -0.2) is 64.9 Å². The Morgan fingerprint density at radius 2 is 1.91 bits per heavy atom. The summed E-state index contributed by atoms with van der Waals surface area (Å²) in [5.41, 5.74) is 3.66. The molecule has 1 saturated heterocycles. The van der Waals surface area contributed by atoms with E-state index in [2.05, 4.69) is 23.8 Å². The summed E-state index contributed by atoms with van der Waals surface area (Å²) < 4.78 is 7.15. The largest absolute Gasteiger partial charge is 0.382 e. The molecule has 0 saturated carbocycles. The summed E-state index contributed by atoms with van der Waals surface area (Å²) in [5, 5.41) is 4.48. The first kappa shape index (κ1) is 17.9. The van der Waals surface area contributed by atoms with E-state index in [9.17, 15) is 4.79 Å². The highest BCUT2D eigenvalue weighted by atomic mass is 16.5. The third kappa shape index (κ3) is 4.54. The lowest BCUT2D eigenvalue weighted by Gasteiger charge is -2.35. The second-order valence-corrected chi connectivity index (χ2v) is 6.51. The zero-order chi connectivity index (χ0) is 17.0. The summed E-state index contributed by atoms with van der Waals surface area (Å²) in [6.07, 6.45) is 1.52. The molecule has 1 atom stereocenters. The SMILES string of the molecule is COC(C)CCC(=O)N1CCN(Cc2c(C)nn(C)c2C)CC1. The molecule has 2 heterocycles. The van der Waals surface area contributed by atoms with Crippen molar-refractivity contribution in [1.82, 2.24) is 19.6 Å². The molecule has 2 rings (SSSR count). The van der Waals surface area contributed by atoms with E-state index in [0.29, 0.717) is 6.42 Å².